The molecule has 0 bridgehead atoms. The number of hydrogen-bond donors (Lipinski definition) is 1. The van der Waals surface area contributed by atoms with Crippen molar-refractivity contribution in [3.05, 3.63) is 64.8 Å². The normalized spacial score (nSPS) is 12.9. The Hall–Kier alpha value is -3.35. The van der Waals surface area contributed by atoms with Crippen molar-refractivity contribution in [1.29, 1.82) is 0 Å². The topological polar surface area (TPSA) is 81.9 Å². The van der Waals surface area contributed by atoms with Crippen LogP contribution in [0.2, 0.25) is 5.02 Å². The van der Waals surface area contributed by atoms with E-state index < -0.39 is 36.3 Å². The predicted octanol–water partition coefficient (Wildman–Crippen LogP) is 5.55. The van der Waals surface area contributed by atoms with Crippen molar-refractivity contribution in [3.8, 4) is 11.6 Å². The van der Waals surface area contributed by atoms with Crippen LogP contribution in [-0.4, -0.2) is 38.4 Å². The molecule has 3 aromatic rings. The molecule has 1 N–H and O–H groups in total. The number of alkyl halides is 6. The van der Waals surface area contributed by atoms with Crippen molar-refractivity contribution in [1.82, 2.24) is 25.1 Å². The lowest BCUT2D eigenvalue weighted by atomic mass is 10.1. The van der Waals surface area contributed by atoms with E-state index >= 15 is 0 Å². The highest BCUT2D eigenvalue weighted by Crippen LogP contribution is 2.32. The molecule has 1 atom stereocenters. The Morgan fingerprint density at radius 3 is 2.51 bits per heavy atom. The number of carbonyl (C=O) groups excluding carboxylic acids is 1. The van der Waals surface area contributed by atoms with Crippen LogP contribution in [0.15, 0.2) is 42.9 Å². The van der Waals surface area contributed by atoms with Crippen LogP contribution in [0, 0.1) is 0 Å². The standard InChI is InChI=1S/C21H18ClF6N5O2/c1-12(32-19(34)13-7-14(21(26,27)28)9-15(22)8-13)18-30-11-31-33(18)17-4-3-16(10-29-17)35-6-2-5-20(23,24)25/h3-4,7-12H,2,5-6H2,1H3,(H,32,34)/t12-/m0/s1. The molecule has 0 fully saturated rings. The van der Waals surface area contributed by atoms with E-state index in [1.807, 2.05) is 0 Å². The van der Waals surface area contributed by atoms with Gasteiger partial charge in [0.15, 0.2) is 11.6 Å². The van der Waals surface area contributed by atoms with E-state index in [2.05, 4.69) is 20.4 Å². The lowest BCUT2D eigenvalue weighted by Gasteiger charge is -2.15. The minimum Gasteiger partial charge on any atom is -0.492 e. The first-order chi connectivity index (χ1) is 16.3. The fourth-order valence-electron chi connectivity index (χ4n) is 3.00. The second-order valence-electron chi connectivity index (χ2n) is 7.37. The molecule has 0 saturated carbocycles. The number of benzene rings is 1. The van der Waals surface area contributed by atoms with Crippen LogP contribution in [-0.2, 0) is 6.18 Å². The van der Waals surface area contributed by atoms with Crippen molar-refractivity contribution in [2.75, 3.05) is 6.61 Å². The van der Waals surface area contributed by atoms with Gasteiger partial charge in [-0.25, -0.2) is 9.97 Å². The number of pyridine rings is 1. The zero-order chi connectivity index (χ0) is 25.8. The van der Waals surface area contributed by atoms with Crippen LogP contribution >= 0.6 is 11.6 Å². The molecule has 0 spiro atoms. The fourth-order valence-corrected chi connectivity index (χ4v) is 3.23. The summed E-state index contributed by atoms with van der Waals surface area (Å²) in [5, 5.41) is 6.33. The van der Waals surface area contributed by atoms with E-state index in [4.69, 9.17) is 16.3 Å². The highest BCUT2D eigenvalue weighted by molar-refractivity contribution is 6.31. The van der Waals surface area contributed by atoms with Gasteiger partial charge in [0, 0.05) is 17.0 Å². The van der Waals surface area contributed by atoms with Crippen molar-refractivity contribution in [3.63, 3.8) is 0 Å². The third-order valence-corrected chi connectivity index (χ3v) is 4.83. The highest BCUT2D eigenvalue weighted by atomic mass is 35.5. The van der Waals surface area contributed by atoms with Gasteiger partial charge in [0.1, 0.15) is 12.1 Å². The summed E-state index contributed by atoms with van der Waals surface area (Å²) in [7, 11) is 0. The van der Waals surface area contributed by atoms with Crippen molar-refractivity contribution < 1.29 is 35.9 Å². The van der Waals surface area contributed by atoms with E-state index in [1.54, 1.807) is 6.92 Å². The number of halogens is 7. The monoisotopic (exact) mass is 521 g/mol. The van der Waals surface area contributed by atoms with Crippen LogP contribution in [0.25, 0.3) is 5.82 Å². The van der Waals surface area contributed by atoms with Gasteiger partial charge in [-0.15, -0.1) is 0 Å². The van der Waals surface area contributed by atoms with Crippen molar-refractivity contribution >= 4 is 17.5 Å². The number of rotatable bonds is 8. The zero-order valence-corrected chi connectivity index (χ0v) is 18.7. The quantitative estimate of drug-likeness (QED) is 0.311. The SMILES string of the molecule is C[C@H](NC(=O)c1cc(Cl)cc(C(F)(F)F)c1)c1ncnn1-c1ccc(OCCCC(F)(F)F)cn1. The summed E-state index contributed by atoms with van der Waals surface area (Å²) in [5.74, 6) is -0.0675. The van der Waals surface area contributed by atoms with Crippen LogP contribution in [0.4, 0.5) is 26.3 Å². The lowest BCUT2D eigenvalue weighted by Crippen LogP contribution is -2.29. The predicted molar refractivity (Wildman–Crippen MR) is 112 cm³/mol. The molecule has 0 aliphatic rings. The van der Waals surface area contributed by atoms with Gasteiger partial charge in [-0.3, -0.25) is 4.79 Å². The number of aromatic nitrogens is 4. The molecule has 0 radical (unpaired) electrons. The van der Waals surface area contributed by atoms with E-state index in [-0.39, 0.29) is 41.0 Å². The highest BCUT2D eigenvalue weighted by Gasteiger charge is 2.32. The Labute approximate surface area is 200 Å². The van der Waals surface area contributed by atoms with E-state index in [0.29, 0.717) is 12.1 Å². The molecular weight excluding hydrogens is 504 g/mol. The molecule has 0 aliphatic carbocycles. The number of amides is 1. The van der Waals surface area contributed by atoms with Gasteiger partial charge in [0.2, 0.25) is 0 Å². The zero-order valence-electron chi connectivity index (χ0n) is 18.0. The summed E-state index contributed by atoms with van der Waals surface area (Å²) in [4.78, 5) is 20.8. The van der Waals surface area contributed by atoms with Gasteiger partial charge in [0.05, 0.1) is 24.4 Å². The molecule has 7 nitrogen and oxygen atoms in total. The van der Waals surface area contributed by atoms with Crippen molar-refractivity contribution in [2.24, 2.45) is 0 Å². The first kappa shape index (κ1) is 26.3. The van der Waals surface area contributed by atoms with Gasteiger partial charge in [-0.05, 0) is 43.7 Å². The van der Waals surface area contributed by atoms with Crippen LogP contribution in [0.1, 0.15) is 47.6 Å². The molecule has 2 aromatic heterocycles. The van der Waals surface area contributed by atoms with Gasteiger partial charge in [-0.1, -0.05) is 11.6 Å². The van der Waals surface area contributed by atoms with Gasteiger partial charge in [0.25, 0.3) is 5.91 Å². The summed E-state index contributed by atoms with van der Waals surface area (Å²) in [6, 6.07) is 4.69. The third-order valence-electron chi connectivity index (χ3n) is 4.61. The first-order valence-electron chi connectivity index (χ1n) is 10.1. The maximum Gasteiger partial charge on any atom is 0.416 e. The summed E-state index contributed by atoms with van der Waals surface area (Å²) in [5.41, 5.74) is -1.34. The minimum absolute atomic E-state index is 0.141. The first-order valence-corrected chi connectivity index (χ1v) is 10.5. The molecule has 188 valence electrons. The average molecular weight is 522 g/mol. The van der Waals surface area contributed by atoms with E-state index in [1.165, 1.54) is 29.3 Å². The molecular formula is C21H18ClF6N5O2. The molecule has 2 heterocycles. The fraction of sp³-hybridized carbons (Fsp3) is 0.333. The van der Waals surface area contributed by atoms with E-state index in [9.17, 15) is 31.1 Å². The Bertz CT molecular complexity index is 1160. The van der Waals surface area contributed by atoms with Gasteiger partial charge < -0.3 is 10.1 Å². The molecule has 3 rings (SSSR count). The van der Waals surface area contributed by atoms with Gasteiger partial charge >= 0.3 is 12.4 Å². The number of hydrogen-bond acceptors (Lipinski definition) is 5. The van der Waals surface area contributed by atoms with Crippen LogP contribution < -0.4 is 10.1 Å². The lowest BCUT2D eigenvalue weighted by molar-refractivity contribution is -0.138. The van der Waals surface area contributed by atoms with E-state index in [0.717, 1.165) is 6.07 Å². The van der Waals surface area contributed by atoms with Crippen LogP contribution in [0.5, 0.6) is 5.75 Å². The Kier molecular flexibility index (Phi) is 7.88. The smallest absolute Gasteiger partial charge is 0.416 e. The summed E-state index contributed by atoms with van der Waals surface area (Å²) < 4.78 is 82.2. The maximum atomic E-state index is 13.0. The molecule has 35 heavy (non-hydrogen) atoms. The maximum absolute atomic E-state index is 13.0. The van der Waals surface area contributed by atoms with Gasteiger partial charge in [-0.2, -0.15) is 36.1 Å². The molecule has 14 heteroatoms. The van der Waals surface area contributed by atoms with Crippen LogP contribution in [0.3, 0.4) is 0 Å². The third kappa shape index (κ3) is 7.31. The number of carbonyl (C=O) groups is 1. The second-order valence-corrected chi connectivity index (χ2v) is 7.81. The van der Waals surface area contributed by atoms with Crippen molar-refractivity contribution in [2.45, 2.75) is 38.2 Å². The Morgan fingerprint density at radius 2 is 1.89 bits per heavy atom. The largest absolute Gasteiger partial charge is 0.492 e. The Balaban J connectivity index is 1.68. The number of nitrogens with zero attached hydrogens (tertiary/aromatic N) is 4. The molecule has 0 unspecified atom stereocenters. The summed E-state index contributed by atoms with van der Waals surface area (Å²) in [6.45, 7) is 1.41. The molecule has 0 saturated heterocycles. The summed E-state index contributed by atoms with van der Waals surface area (Å²) in [6.07, 6.45) is -7.60. The number of nitrogens with one attached hydrogen (secondary N) is 1. The Morgan fingerprint density at radius 1 is 1.14 bits per heavy atom. The molecule has 1 amide bonds. The summed E-state index contributed by atoms with van der Waals surface area (Å²) >= 11 is 5.74. The average Bonchev–Trinajstić information content (AvgIpc) is 3.25. The molecule has 1 aromatic carbocycles. The minimum atomic E-state index is -4.68. The molecule has 0 aliphatic heterocycles. The number of ether oxygens (including phenoxy) is 1. The second kappa shape index (κ2) is 10.5.